The number of hydrogen-bond acceptors (Lipinski definition) is 6. The van der Waals surface area contributed by atoms with Crippen LogP contribution in [0.25, 0.3) is 0 Å². The fraction of sp³-hybridized carbons (Fsp3) is 0.533. The predicted molar refractivity (Wildman–Crippen MR) is 95.3 cm³/mol. The molecule has 0 aliphatic carbocycles. The molecule has 9 heteroatoms. The highest BCUT2D eigenvalue weighted by Gasteiger charge is 2.28. The number of halogens is 2. The number of carboxylic acids is 1. The molecule has 0 bridgehead atoms. The van der Waals surface area contributed by atoms with E-state index in [1.54, 1.807) is 21.3 Å². The normalized spacial score (nSPS) is 17.2. The van der Waals surface area contributed by atoms with Crippen LogP contribution in [0.4, 0.5) is 0 Å². The molecule has 0 spiro atoms. The number of ether oxygens (including phenoxy) is 3. The van der Waals surface area contributed by atoms with Gasteiger partial charge in [0.2, 0.25) is 5.75 Å². The summed E-state index contributed by atoms with van der Waals surface area (Å²) in [6.45, 7) is 2.40. The van der Waals surface area contributed by atoms with Gasteiger partial charge in [-0.3, -0.25) is 9.69 Å². The van der Waals surface area contributed by atoms with Gasteiger partial charge in [0.15, 0.2) is 11.5 Å². The van der Waals surface area contributed by atoms with Crippen molar-refractivity contribution in [1.82, 2.24) is 10.2 Å². The highest BCUT2D eigenvalue weighted by molar-refractivity contribution is 5.85. The lowest BCUT2D eigenvalue weighted by Gasteiger charge is -2.33. The smallest absolute Gasteiger partial charge is 0.322 e. The van der Waals surface area contributed by atoms with Gasteiger partial charge in [0.25, 0.3) is 0 Å². The van der Waals surface area contributed by atoms with Gasteiger partial charge in [-0.2, -0.15) is 0 Å². The van der Waals surface area contributed by atoms with Crippen molar-refractivity contribution in [3.05, 3.63) is 17.7 Å². The van der Waals surface area contributed by atoms with E-state index >= 15 is 0 Å². The molecule has 1 atom stereocenters. The highest BCUT2D eigenvalue weighted by atomic mass is 35.5. The highest BCUT2D eigenvalue weighted by Crippen LogP contribution is 2.38. The van der Waals surface area contributed by atoms with Crippen LogP contribution >= 0.6 is 24.8 Å². The average Bonchev–Trinajstić information content (AvgIpc) is 2.54. The largest absolute Gasteiger partial charge is 0.493 e. The number of nitrogens with one attached hydrogen (secondary N) is 1. The second-order valence-electron chi connectivity index (χ2n) is 5.06. The molecular formula is C15H24Cl2N2O5. The number of carbonyl (C=O) groups is 1. The Balaban J connectivity index is 0.00000264. The first-order valence-electron chi connectivity index (χ1n) is 7.07. The van der Waals surface area contributed by atoms with Crippen molar-refractivity contribution >= 4 is 30.8 Å². The topological polar surface area (TPSA) is 80.3 Å². The van der Waals surface area contributed by atoms with Crippen molar-refractivity contribution < 1.29 is 24.1 Å². The van der Waals surface area contributed by atoms with Crippen LogP contribution in [0.3, 0.4) is 0 Å². The number of aliphatic carboxylic acids is 1. The molecule has 0 amide bonds. The molecule has 1 aromatic rings. The summed E-state index contributed by atoms with van der Waals surface area (Å²) in [6, 6.07) is 3.16. The van der Waals surface area contributed by atoms with Crippen molar-refractivity contribution in [2.75, 3.05) is 41.0 Å². The zero-order valence-corrected chi connectivity index (χ0v) is 15.5. The molecule has 0 aromatic heterocycles. The van der Waals surface area contributed by atoms with Gasteiger partial charge in [-0.15, -0.1) is 24.8 Å². The van der Waals surface area contributed by atoms with Crippen molar-refractivity contribution in [2.45, 2.75) is 12.6 Å². The number of carboxylic acid groups (broad SMARTS) is 1. The summed E-state index contributed by atoms with van der Waals surface area (Å²) in [4.78, 5) is 13.3. The SMILES string of the molecule is COc1cc(CN2CCNCC2C(=O)O)cc(OC)c1OC.Cl.Cl. The maximum Gasteiger partial charge on any atom is 0.322 e. The number of nitrogens with zero attached hydrogens (tertiary/aromatic N) is 1. The number of piperazine rings is 1. The minimum Gasteiger partial charge on any atom is -0.493 e. The van der Waals surface area contributed by atoms with E-state index < -0.39 is 12.0 Å². The van der Waals surface area contributed by atoms with Gasteiger partial charge in [0.05, 0.1) is 21.3 Å². The Bertz CT molecular complexity index is 520. The van der Waals surface area contributed by atoms with Gasteiger partial charge in [-0.1, -0.05) is 0 Å². The lowest BCUT2D eigenvalue weighted by atomic mass is 10.1. The summed E-state index contributed by atoms with van der Waals surface area (Å²) in [6.07, 6.45) is 0. The van der Waals surface area contributed by atoms with Crippen LogP contribution in [0.1, 0.15) is 5.56 Å². The van der Waals surface area contributed by atoms with Crippen LogP contribution in [0, 0.1) is 0 Å². The summed E-state index contributed by atoms with van der Waals surface area (Å²) < 4.78 is 16.0. The maximum absolute atomic E-state index is 11.4. The molecule has 0 saturated carbocycles. The molecule has 1 saturated heterocycles. The summed E-state index contributed by atoms with van der Waals surface area (Å²) in [7, 11) is 4.68. The Hall–Kier alpha value is -1.41. The van der Waals surface area contributed by atoms with Gasteiger partial charge in [0, 0.05) is 26.2 Å². The molecule has 1 aliphatic rings. The van der Waals surface area contributed by atoms with Crippen molar-refractivity contribution in [1.29, 1.82) is 0 Å². The summed E-state index contributed by atoms with van der Waals surface area (Å²) in [5, 5.41) is 12.4. The van der Waals surface area contributed by atoms with Crippen LogP contribution in [0.2, 0.25) is 0 Å². The van der Waals surface area contributed by atoms with Gasteiger partial charge >= 0.3 is 5.97 Å². The molecule has 2 rings (SSSR count). The maximum atomic E-state index is 11.4. The molecule has 1 aliphatic heterocycles. The van der Waals surface area contributed by atoms with Crippen molar-refractivity contribution in [3.8, 4) is 17.2 Å². The van der Waals surface area contributed by atoms with Crippen LogP contribution in [-0.4, -0.2) is 63.0 Å². The van der Waals surface area contributed by atoms with Gasteiger partial charge in [-0.05, 0) is 17.7 Å². The number of hydrogen-bond donors (Lipinski definition) is 2. The fourth-order valence-electron chi connectivity index (χ4n) is 2.64. The first-order chi connectivity index (χ1) is 10.6. The summed E-state index contributed by atoms with van der Waals surface area (Å²) in [5.41, 5.74) is 0.919. The van der Waals surface area contributed by atoms with Gasteiger partial charge < -0.3 is 24.6 Å². The molecule has 138 valence electrons. The lowest BCUT2D eigenvalue weighted by molar-refractivity contribution is -0.144. The Morgan fingerprint density at radius 2 is 1.79 bits per heavy atom. The molecule has 1 aromatic carbocycles. The first-order valence-corrected chi connectivity index (χ1v) is 7.07. The van der Waals surface area contributed by atoms with E-state index in [0.29, 0.717) is 36.9 Å². The predicted octanol–water partition coefficient (Wildman–Crippen LogP) is 1.41. The Morgan fingerprint density at radius 3 is 2.25 bits per heavy atom. The van der Waals surface area contributed by atoms with Crippen LogP contribution in [-0.2, 0) is 11.3 Å². The first kappa shape index (κ1) is 22.6. The molecule has 1 heterocycles. The molecule has 2 N–H and O–H groups in total. The van der Waals surface area contributed by atoms with Crippen molar-refractivity contribution in [3.63, 3.8) is 0 Å². The Kier molecular flexibility index (Phi) is 9.84. The van der Waals surface area contributed by atoms with Crippen molar-refractivity contribution in [2.24, 2.45) is 0 Å². The van der Waals surface area contributed by atoms with Crippen LogP contribution in [0.15, 0.2) is 12.1 Å². The number of methoxy groups -OCH3 is 3. The van der Waals surface area contributed by atoms with E-state index in [-0.39, 0.29) is 24.8 Å². The van der Waals surface area contributed by atoms with E-state index in [1.807, 2.05) is 17.0 Å². The summed E-state index contributed by atoms with van der Waals surface area (Å²) >= 11 is 0. The fourth-order valence-corrected chi connectivity index (χ4v) is 2.64. The summed E-state index contributed by atoms with van der Waals surface area (Å²) in [5.74, 6) is 0.848. The molecule has 7 nitrogen and oxygen atoms in total. The minimum atomic E-state index is -0.820. The minimum absolute atomic E-state index is 0. The Morgan fingerprint density at radius 1 is 1.21 bits per heavy atom. The van der Waals surface area contributed by atoms with E-state index in [1.165, 1.54) is 0 Å². The van der Waals surface area contributed by atoms with E-state index in [0.717, 1.165) is 12.1 Å². The third-order valence-corrected chi connectivity index (χ3v) is 3.75. The second kappa shape index (κ2) is 10.5. The number of rotatable bonds is 6. The van der Waals surface area contributed by atoms with E-state index in [2.05, 4.69) is 5.32 Å². The Labute approximate surface area is 154 Å². The molecular weight excluding hydrogens is 359 g/mol. The molecule has 1 unspecified atom stereocenters. The molecule has 0 radical (unpaired) electrons. The second-order valence-corrected chi connectivity index (χ2v) is 5.06. The standard InChI is InChI=1S/C15H22N2O5.2ClH/c1-20-12-6-10(7-13(21-2)14(12)22-3)9-17-5-4-16-8-11(17)15(18)19;;/h6-7,11,16H,4-5,8-9H2,1-3H3,(H,18,19);2*1H. The van der Waals surface area contributed by atoms with Crippen LogP contribution in [0.5, 0.6) is 17.2 Å². The van der Waals surface area contributed by atoms with E-state index in [4.69, 9.17) is 14.2 Å². The third-order valence-electron chi connectivity index (χ3n) is 3.75. The zero-order chi connectivity index (χ0) is 16.1. The lowest BCUT2D eigenvalue weighted by Crippen LogP contribution is -2.54. The molecule has 24 heavy (non-hydrogen) atoms. The monoisotopic (exact) mass is 382 g/mol. The van der Waals surface area contributed by atoms with E-state index in [9.17, 15) is 9.90 Å². The zero-order valence-electron chi connectivity index (χ0n) is 13.9. The van der Waals surface area contributed by atoms with Gasteiger partial charge in [0.1, 0.15) is 6.04 Å². The third kappa shape index (κ3) is 5.04. The van der Waals surface area contributed by atoms with Gasteiger partial charge in [-0.25, -0.2) is 0 Å². The molecule has 1 fully saturated rings. The number of benzene rings is 1. The quantitative estimate of drug-likeness (QED) is 0.769. The average molecular weight is 383 g/mol. The van der Waals surface area contributed by atoms with Crippen LogP contribution < -0.4 is 19.5 Å².